The van der Waals surface area contributed by atoms with Gasteiger partial charge in [0.1, 0.15) is 11.6 Å². The number of aryl methyl sites for hydroxylation is 2. The summed E-state index contributed by atoms with van der Waals surface area (Å²) in [6, 6.07) is 2.18. The Hall–Kier alpha value is -1.75. The SMILES string of the molecule is CC.Cc1cc2nc(C)nc3c2c(n1)CC(O)C1CCCCN31. The zero-order valence-electron chi connectivity index (χ0n) is 14.5. The summed E-state index contributed by atoms with van der Waals surface area (Å²) in [7, 11) is 0. The average molecular weight is 314 g/mol. The summed E-state index contributed by atoms with van der Waals surface area (Å²) < 4.78 is 0. The van der Waals surface area contributed by atoms with Gasteiger partial charge in [-0.3, -0.25) is 4.98 Å². The highest BCUT2D eigenvalue weighted by Gasteiger charge is 2.35. The molecular formula is C18H26N4O. The van der Waals surface area contributed by atoms with E-state index in [9.17, 15) is 5.11 Å². The molecule has 1 fully saturated rings. The summed E-state index contributed by atoms with van der Waals surface area (Å²) in [5.41, 5.74) is 2.86. The summed E-state index contributed by atoms with van der Waals surface area (Å²) in [4.78, 5) is 16.2. The topological polar surface area (TPSA) is 62.1 Å². The number of piperidine rings is 1. The van der Waals surface area contributed by atoms with Gasteiger partial charge in [0.05, 0.1) is 28.7 Å². The van der Waals surface area contributed by atoms with E-state index in [-0.39, 0.29) is 12.1 Å². The highest BCUT2D eigenvalue weighted by atomic mass is 16.3. The quantitative estimate of drug-likeness (QED) is 0.810. The first-order chi connectivity index (χ1) is 11.1. The largest absolute Gasteiger partial charge is 0.391 e. The third-order valence-corrected chi connectivity index (χ3v) is 4.64. The lowest BCUT2D eigenvalue weighted by Gasteiger charge is -2.38. The molecule has 1 saturated heterocycles. The van der Waals surface area contributed by atoms with Crippen LogP contribution in [0.3, 0.4) is 0 Å². The van der Waals surface area contributed by atoms with Gasteiger partial charge in [-0.15, -0.1) is 0 Å². The summed E-state index contributed by atoms with van der Waals surface area (Å²) in [6.45, 7) is 8.88. The zero-order chi connectivity index (χ0) is 16.6. The number of anilines is 1. The van der Waals surface area contributed by atoms with E-state index in [1.807, 2.05) is 33.8 Å². The first kappa shape index (κ1) is 16.1. The first-order valence-electron chi connectivity index (χ1n) is 8.73. The number of rotatable bonds is 0. The van der Waals surface area contributed by atoms with Crippen LogP contribution in [0.5, 0.6) is 0 Å². The Bertz CT molecular complexity index is 710. The molecule has 1 N–H and O–H groups in total. The van der Waals surface area contributed by atoms with Crippen molar-refractivity contribution in [2.24, 2.45) is 0 Å². The summed E-state index contributed by atoms with van der Waals surface area (Å²) >= 11 is 0. The Morgan fingerprint density at radius 1 is 1.13 bits per heavy atom. The monoisotopic (exact) mass is 314 g/mol. The highest BCUT2D eigenvalue weighted by molar-refractivity contribution is 5.92. The van der Waals surface area contributed by atoms with E-state index in [1.165, 1.54) is 6.42 Å². The molecule has 2 aromatic heterocycles. The molecule has 2 aromatic rings. The molecule has 0 bridgehead atoms. The van der Waals surface area contributed by atoms with Gasteiger partial charge in [0.15, 0.2) is 0 Å². The molecule has 2 unspecified atom stereocenters. The van der Waals surface area contributed by atoms with E-state index in [1.54, 1.807) is 0 Å². The number of hydrogen-bond acceptors (Lipinski definition) is 5. The fourth-order valence-electron chi connectivity index (χ4n) is 3.77. The van der Waals surface area contributed by atoms with Gasteiger partial charge in [0.25, 0.3) is 0 Å². The predicted octanol–water partition coefficient (Wildman–Crippen LogP) is 2.94. The maximum absolute atomic E-state index is 10.6. The predicted molar refractivity (Wildman–Crippen MR) is 92.9 cm³/mol. The van der Waals surface area contributed by atoms with Crippen LogP contribution in [0.25, 0.3) is 10.9 Å². The normalized spacial score (nSPS) is 22.9. The highest BCUT2D eigenvalue weighted by Crippen LogP contribution is 2.36. The van der Waals surface area contributed by atoms with Crippen molar-refractivity contribution >= 4 is 16.7 Å². The van der Waals surface area contributed by atoms with Crippen molar-refractivity contribution in [1.29, 1.82) is 0 Å². The minimum Gasteiger partial charge on any atom is -0.391 e. The molecule has 5 nitrogen and oxygen atoms in total. The lowest BCUT2D eigenvalue weighted by molar-refractivity contribution is 0.128. The molecule has 2 atom stereocenters. The molecule has 4 rings (SSSR count). The Morgan fingerprint density at radius 2 is 1.91 bits per heavy atom. The molecule has 2 aliphatic heterocycles. The van der Waals surface area contributed by atoms with Gasteiger partial charge in [-0.2, -0.15) is 0 Å². The second-order valence-electron chi connectivity index (χ2n) is 6.23. The fourth-order valence-corrected chi connectivity index (χ4v) is 3.77. The Balaban J connectivity index is 0.000000753. The smallest absolute Gasteiger partial charge is 0.142 e. The zero-order valence-corrected chi connectivity index (χ0v) is 14.5. The molecule has 0 radical (unpaired) electrons. The van der Waals surface area contributed by atoms with Gasteiger partial charge in [-0.05, 0) is 39.2 Å². The maximum atomic E-state index is 10.6. The van der Waals surface area contributed by atoms with Crippen LogP contribution in [-0.2, 0) is 6.42 Å². The number of aliphatic hydroxyl groups is 1. The maximum Gasteiger partial charge on any atom is 0.142 e. The molecule has 0 amide bonds. The number of nitrogens with zero attached hydrogens (tertiary/aromatic N) is 4. The molecule has 4 heterocycles. The van der Waals surface area contributed by atoms with Crippen LogP contribution in [0.2, 0.25) is 0 Å². The molecule has 0 spiro atoms. The standard InChI is InChI=1S/C16H20N4O.C2H6/c1-9-7-11-15-12(17-9)8-14(21)13-5-3-4-6-20(13)16(15)19-10(2)18-11;1-2/h7,13-14,21H,3-6,8H2,1-2H3;1-2H3. The van der Waals surface area contributed by atoms with E-state index in [4.69, 9.17) is 4.98 Å². The van der Waals surface area contributed by atoms with Gasteiger partial charge in [-0.1, -0.05) is 13.8 Å². The number of aromatic nitrogens is 3. The van der Waals surface area contributed by atoms with Crippen LogP contribution in [0.1, 0.15) is 50.3 Å². The summed E-state index contributed by atoms with van der Waals surface area (Å²) in [5, 5.41) is 11.7. The molecule has 0 aliphatic carbocycles. The van der Waals surface area contributed by atoms with E-state index in [0.29, 0.717) is 6.42 Å². The number of hydrogen-bond donors (Lipinski definition) is 1. The van der Waals surface area contributed by atoms with Gasteiger partial charge >= 0.3 is 0 Å². The van der Waals surface area contributed by atoms with Crippen LogP contribution < -0.4 is 4.90 Å². The van der Waals surface area contributed by atoms with Crippen molar-refractivity contribution in [2.75, 3.05) is 11.4 Å². The third kappa shape index (κ3) is 2.78. The summed E-state index contributed by atoms with van der Waals surface area (Å²) in [6.07, 6.45) is 3.57. The minimum atomic E-state index is -0.377. The number of aliphatic hydroxyl groups excluding tert-OH is 1. The van der Waals surface area contributed by atoms with Gasteiger partial charge in [0, 0.05) is 18.7 Å². The second kappa shape index (κ2) is 6.40. The number of fused-ring (bicyclic) bond motifs is 2. The first-order valence-corrected chi connectivity index (χ1v) is 8.73. The van der Waals surface area contributed by atoms with E-state index in [0.717, 1.165) is 53.3 Å². The molecule has 0 aromatic carbocycles. The molecule has 5 heteroatoms. The van der Waals surface area contributed by atoms with Crippen LogP contribution in [0.4, 0.5) is 5.82 Å². The lowest BCUT2D eigenvalue weighted by Crippen LogP contribution is -2.47. The van der Waals surface area contributed by atoms with Crippen molar-refractivity contribution in [1.82, 2.24) is 15.0 Å². The van der Waals surface area contributed by atoms with Crippen molar-refractivity contribution < 1.29 is 5.11 Å². The lowest BCUT2D eigenvalue weighted by atomic mass is 9.96. The molecule has 23 heavy (non-hydrogen) atoms. The number of pyridine rings is 1. The Kier molecular flexibility index (Phi) is 4.48. The van der Waals surface area contributed by atoms with Gasteiger partial charge < -0.3 is 10.0 Å². The van der Waals surface area contributed by atoms with Gasteiger partial charge in [-0.25, -0.2) is 9.97 Å². The third-order valence-electron chi connectivity index (χ3n) is 4.64. The molecule has 2 aliphatic rings. The Labute approximate surface area is 137 Å². The van der Waals surface area contributed by atoms with Crippen LogP contribution in [-0.4, -0.2) is 38.7 Å². The van der Waals surface area contributed by atoms with E-state index < -0.39 is 0 Å². The van der Waals surface area contributed by atoms with Crippen molar-refractivity contribution in [3.63, 3.8) is 0 Å². The molecule has 0 saturated carbocycles. The Morgan fingerprint density at radius 3 is 2.70 bits per heavy atom. The molecule has 124 valence electrons. The van der Waals surface area contributed by atoms with Crippen molar-refractivity contribution in [3.05, 3.63) is 23.3 Å². The summed E-state index contributed by atoms with van der Waals surface area (Å²) in [5.74, 6) is 1.76. The fraction of sp³-hybridized carbons (Fsp3) is 0.611. The van der Waals surface area contributed by atoms with Crippen molar-refractivity contribution in [2.45, 2.75) is 65.5 Å². The van der Waals surface area contributed by atoms with Crippen molar-refractivity contribution in [3.8, 4) is 0 Å². The van der Waals surface area contributed by atoms with E-state index in [2.05, 4.69) is 14.9 Å². The van der Waals surface area contributed by atoms with E-state index >= 15 is 0 Å². The van der Waals surface area contributed by atoms with Gasteiger partial charge in [0.2, 0.25) is 0 Å². The second-order valence-corrected chi connectivity index (χ2v) is 6.23. The molecular weight excluding hydrogens is 288 g/mol. The minimum absolute atomic E-state index is 0.158. The van der Waals surface area contributed by atoms with Crippen LogP contribution in [0, 0.1) is 13.8 Å². The average Bonchev–Trinajstić information content (AvgIpc) is 2.65. The van der Waals surface area contributed by atoms with Crippen LogP contribution in [0.15, 0.2) is 6.07 Å². The van der Waals surface area contributed by atoms with Crippen LogP contribution >= 0.6 is 0 Å².